The van der Waals surface area contributed by atoms with Gasteiger partial charge in [-0.2, -0.15) is 0 Å². The van der Waals surface area contributed by atoms with Gasteiger partial charge in [-0.25, -0.2) is 9.18 Å². The number of carbonyl (C=O) groups is 1. The van der Waals surface area contributed by atoms with E-state index in [0.717, 1.165) is 0 Å². The molecular weight excluding hydrogens is 357 g/mol. The van der Waals surface area contributed by atoms with Gasteiger partial charge in [-0.3, -0.25) is 15.0 Å². The summed E-state index contributed by atoms with van der Waals surface area (Å²) in [5.74, 6) is -0.652. The van der Waals surface area contributed by atoms with E-state index in [9.17, 15) is 14.9 Å². The van der Waals surface area contributed by atoms with E-state index in [0.29, 0.717) is 25.2 Å². The van der Waals surface area contributed by atoms with Gasteiger partial charge in [0.15, 0.2) is 18.2 Å². The Hall–Kier alpha value is -2.68. The second-order valence-electron chi connectivity index (χ2n) is 7.46. The summed E-state index contributed by atoms with van der Waals surface area (Å²) in [6.45, 7) is 6.33. The van der Waals surface area contributed by atoms with Gasteiger partial charge in [-0.05, 0) is 20.8 Å². The molecule has 8 nitrogen and oxygen atoms in total. The van der Waals surface area contributed by atoms with E-state index in [2.05, 4.69) is 5.32 Å². The van der Waals surface area contributed by atoms with E-state index in [-0.39, 0.29) is 23.6 Å². The Morgan fingerprint density at radius 2 is 2.19 bits per heavy atom. The van der Waals surface area contributed by atoms with Crippen LogP contribution in [0.25, 0.3) is 6.08 Å². The van der Waals surface area contributed by atoms with Gasteiger partial charge in [0, 0.05) is 36.8 Å². The predicted molar refractivity (Wildman–Crippen MR) is 95.4 cm³/mol. The molecule has 2 aliphatic heterocycles. The standard InChI is InChI=1S/C18H22FN3O5/c1-18(2,3)27-17(23)21-7-6-20-9-14(21)13-5-4-11-8-12(22(24)25)10-26-16(11)15(13)19/h4-5,8,14,20H,6-7,9-10H2,1-3H3. The van der Waals surface area contributed by atoms with Gasteiger partial charge in [0.25, 0.3) is 5.70 Å². The lowest BCUT2D eigenvalue weighted by atomic mass is 9.99. The third-order valence-corrected chi connectivity index (χ3v) is 4.31. The number of amides is 1. The number of fused-ring (bicyclic) bond motifs is 1. The Morgan fingerprint density at radius 3 is 2.85 bits per heavy atom. The van der Waals surface area contributed by atoms with Crippen LogP contribution in [0.1, 0.15) is 37.9 Å². The van der Waals surface area contributed by atoms with Gasteiger partial charge in [-0.15, -0.1) is 0 Å². The lowest BCUT2D eigenvalue weighted by Gasteiger charge is -2.37. The summed E-state index contributed by atoms with van der Waals surface area (Å²) in [5.41, 5.74) is -0.204. The van der Waals surface area contributed by atoms with Crippen molar-refractivity contribution in [2.75, 3.05) is 26.2 Å². The van der Waals surface area contributed by atoms with E-state index in [1.54, 1.807) is 26.8 Å². The fraction of sp³-hybridized carbons (Fsp3) is 0.500. The second kappa shape index (κ2) is 7.15. The number of rotatable bonds is 2. The highest BCUT2D eigenvalue weighted by atomic mass is 19.1. The van der Waals surface area contributed by atoms with Crippen molar-refractivity contribution >= 4 is 12.2 Å². The van der Waals surface area contributed by atoms with E-state index >= 15 is 4.39 Å². The molecule has 3 rings (SSSR count). The molecule has 1 aromatic carbocycles. The van der Waals surface area contributed by atoms with Crippen molar-refractivity contribution in [2.45, 2.75) is 32.4 Å². The first-order valence-electron chi connectivity index (χ1n) is 8.68. The third kappa shape index (κ3) is 4.02. The van der Waals surface area contributed by atoms with Gasteiger partial charge in [-0.1, -0.05) is 12.1 Å². The van der Waals surface area contributed by atoms with Crippen LogP contribution in [0.15, 0.2) is 17.8 Å². The van der Waals surface area contributed by atoms with Crippen molar-refractivity contribution in [2.24, 2.45) is 0 Å². The average Bonchev–Trinajstić information content (AvgIpc) is 2.60. The van der Waals surface area contributed by atoms with Crippen molar-refractivity contribution in [1.29, 1.82) is 0 Å². The maximum atomic E-state index is 15.1. The molecule has 0 bridgehead atoms. The number of carbonyl (C=O) groups excluding carboxylic acids is 1. The molecule has 27 heavy (non-hydrogen) atoms. The first-order valence-corrected chi connectivity index (χ1v) is 8.68. The van der Waals surface area contributed by atoms with Crippen molar-refractivity contribution in [3.8, 4) is 5.75 Å². The number of nitrogens with zero attached hydrogens (tertiary/aromatic N) is 2. The Morgan fingerprint density at radius 1 is 1.44 bits per heavy atom. The summed E-state index contributed by atoms with van der Waals surface area (Å²) in [6.07, 6.45) is 0.791. The zero-order chi connectivity index (χ0) is 19.8. The number of benzene rings is 1. The predicted octanol–water partition coefficient (Wildman–Crippen LogP) is 2.72. The summed E-state index contributed by atoms with van der Waals surface area (Å²) in [6, 6.07) is 2.54. The van der Waals surface area contributed by atoms with Crippen LogP contribution in [0.4, 0.5) is 9.18 Å². The fourth-order valence-corrected chi connectivity index (χ4v) is 3.10. The highest BCUT2D eigenvalue weighted by Gasteiger charge is 2.34. The quantitative estimate of drug-likeness (QED) is 0.627. The largest absolute Gasteiger partial charge is 0.479 e. The van der Waals surface area contributed by atoms with E-state index in [1.165, 1.54) is 17.0 Å². The Balaban J connectivity index is 1.93. The van der Waals surface area contributed by atoms with Crippen LogP contribution >= 0.6 is 0 Å². The highest BCUT2D eigenvalue weighted by Crippen LogP contribution is 2.36. The molecule has 2 aliphatic rings. The molecule has 0 aromatic heterocycles. The zero-order valence-electron chi connectivity index (χ0n) is 15.5. The molecule has 0 spiro atoms. The number of hydrogen-bond donors (Lipinski definition) is 1. The van der Waals surface area contributed by atoms with Gasteiger partial charge >= 0.3 is 6.09 Å². The van der Waals surface area contributed by atoms with Crippen LogP contribution in [0.2, 0.25) is 0 Å². The molecule has 2 heterocycles. The average molecular weight is 379 g/mol. The monoisotopic (exact) mass is 379 g/mol. The number of piperazine rings is 1. The molecule has 0 aliphatic carbocycles. The van der Waals surface area contributed by atoms with E-state index in [4.69, 9.17) is 9.47 Å². The molecule has 1 N–H and O–H groups in total. The van der Waals surface area contributed by atoms with Crippen molar-refractivity contribution in [1.82, 2.24) is 10.2 Å². The Kier molecular flexibility index (Phi) is 5.05. The number of ether oxygens (including phenoxy) is 2. The molecule has 146 valence electrons. The number of halogens is 1. The maximum absolute atomic E-state index is 15.1. The smallest absolute Gasteiger partial charge is 0.410 e. The third-order valence-electron chi connectivity index (χ3n) is 4.31. The topological polar surface area (TPSA) is 93.9 Å². The number of nitro groups is 1. The van der Waals surface area contributed by atoms with Gasteiger partial charge in [0.05, 0.1) is 11.0 Å². The van der Waals surface area contributed by atoms with Crippen LogP contribution in [-0.2, 0) is 4.74 Å². The lowest BCUT2D eigenvalue weighted by molar-refractivity contribution is -0.427. The summed E-state index contributed by atoms with van der Waals surface area (Å²) in [5, 5.41) is 14.0. The van der Waals surface area contributed by atoms with Crippen molar-refractivity contribution in [3.63, 3.8) is 0 Å². The zero-order valence-corrected chi connectivity index (χ0v) is 15.5. The summed E-state index contributed by atoms with van der Waals surface area (Å²) in [4.78, 5) is 24.4. The molecule has 0 saturated carbocycles. The minimum Gasteiger partial charge on any atom is -0.479 e. The molecule has 1 amide bonds. The Bertz CT molecular complexity index is 803. The highest BCUT2D eigenvalue weighted by molar-refractivity contribution is 5.69. The van der Waals surface area contributed by atoms with Crippen LogP contribution in [0, 0.1) is 15.9 Å². The van der Waals surface area contributed by atoms with Crippen molar-refractivity contribution in [3.05, 3.63) is 44.9 Å². The van der Waals surface area contributed by atoms with Gasteiger partial charge < -0.3 is 14.8 Å². The van der Waals surface area contributed by atoms with Crippen LogP contribution in [0.5, 0.6) is 5.75 Å². The first-order chi connectivity index (χ1) is 12.7. The normalized spacial score (nSPS) is 19.6. The molecule has 1 atom stereocenters. The van der Waals surface area contributed by atoms with Crippen LogP contribution < -0.4 is 10.1 Å². The summed E-state index contributed by atoms with van der Waals surface area (Å²) >= 11 is 0. The van der Waals surface area contributed by atoms with Gasteiger partial charge in [0.2, 0.25) is 0 Å². The number of hydrogen-bond acceptors (Lipinski definition) is 6. The molecule has 1 saturated heterocycles. The van der Waals surface area contributed by atoms with Crippen LogP contribution in [-0.4, -0.2) is 47.8 Å². The molecule has 0 radical (unpaired) electrons. The Labute approximate surface area is 156 Å². The van der Waals surface area contributed by atoms with E-state index in [1.807, 2.05) is 0 Å². The molecule has 1 aromatic rings. The maximum Gasteiger partial charge on any atom is 0.410 e. The van der Waals surface area contributed by atoms with E-state index < -0.39 is 28.5 Å². The SMILES string of the molecule is CC(C)(C)OC(=O)N1CCNCC1c1ccc2c(c1F)OCC([N+](=O)[O-])=C2. The van der Waals surface area contributed by atoms with Crippen LogP contribution in [0.3, 0.4) is 0 Å². The molecular formula is C18H22FN3O5. The fourth-order valence-electron chi connectivity index (χ4n) is 3.10. The first kappa shape index (κ1) is 19.1. The van der Waals surface area contributed by atoms with Crippen molar-refractivity contribution < 1.29 is 23.6 Å². The minimum atomic E-state index is -0.659. The molecule has 1 unspecified atom stereocenters. The lowest BCUT2D eigenvalue weighted by Crippen LogP contribution is -2.50. The molecule has 9 heteroatoms. The summed E-state index contributed by atoms with van der Waals surface area (Å²) < 4.78 is 25.8. The minimum absolute atomic E-state index is 0.0344. The number of nitrogens with one attached hydrogen (secondary N) is 1. The molecule has 1 fully saturated rings. The summed E-state index contributed by atoms with van der Waals surface area (Å²) in [7, 11) is 0. The van der Waals surface area contributed by atoms with Gasteiger partial charge in [0.1, 0.15) is 5.60 Å². The second-order valence-corrected chi connectivity index (χ2v) is 7.46.